The van der Waals surface area contributed by atoms with Crippen LogP contribution in [0.4, 0.5) is 0 Å². The highest BCUT2D eigenvalue weighted by molar-refractivity contribution is 8.00. The normalized spacial score (nSPS) is 12.5. The molecule has 0 saturated carbocycles. The van der Waals surface area contributed by atoms with E-state index in [0.717, 1.165) is 11.8 Å². The van der Waals surface area contributed by atoms with Crippen LogP contribution in [0.5, 0.6) is 0 Å². The zero-order valence-electron chi connectivity index (χ0n) is 8.86. The molecule has 2 heterocycles. The summed E-state index contributed by atoms with van der Waals surface area (Å²) in [6.07, 6.45) is 1.49. The molecule has 0 spiro atoms. The standard InChI is InChI=1S/C9H10N4O3S/c1-5(8(14)15)17-9-12-11-7(13(9)10)6-3-2-4-16-6/h2-5H,10H2,1H3,(H,14,15)/p-1/t5-/m1/s1. The highest BCUT2D eigenvalue weighted by Gasteiger charge is 2.16. The number of carboxylic acids is 1. The van der Waals surface area contributed by atoms with Gasteiger partial charge in [0.15, 0.2) is 5.76 Å². The number of nitrogens with two attached hydrogens (primary N) is 1. The Kier molecular flexibility index (Phi) is 3.05. The molecule has 0 aliphatic carbocycles. The average Bonchev–Trinajstić information content (AvgIpc) is 2.89. The number of hydrogen-bond donors (Lipinski definition) is 1. The van der Waals surface area contributed by atoms with Gasteiger partial charge in [-0.1, -0.05) is 11.8 Å². The summed E-state index contributed by atoms with van der Waals surface area (Å²) in [7, 11) is 0. The lowest BCUT2D eigenvalue weighted by molar-refractivity contribution is -0.304. The smallest absolute Gasteiger partial charge is 0.218 e. The molecule has 7 nitrogen and oxygen atoms in total. The first kappa shape index (κ1) is 11.5. The molecule has 0 aliphatic rings. The van der Waals surface area contributed by atoms with E-state index in [1.807, 2.05) is 0 Å². The number of furan rings is 1. The summed E-state index contributed by atoms with van der Waals surface area (Å²) < 4.78 is 6.31. The minimum Gasteiger partial charge on any atom is -0.549 e. The van der Waals surface area contributed by atoms with Gasteiger partial charge in [0.25, 0.3) is 0 Å². The van der Waals surface area contributed by atoms with Crippen molar-refractivity contribution in [3.05, 3.63) is 18.4 Å². The second-order valence-corrected chi connectivity index (χ2v) is 4.54. The first-order valence-corrected chi connectivity index (χ1v) is 5.59. The summed E-state index contributed by atoms with van der Waals surface area (Å²) in [6.45, 7) is 1.49. The number of aliphatic carboxylic acids is 1. The van der Waals surface area contributed by atoms with Crippen LogP contribution in [0.3, 0.4) is 0 Å². The van der Waals surface area contributed by atoms with E-state index in [2.05, 4.69) is 10.2 Å². The van der Waals surface area contributed by atoms with Crippen molar-refractivity contribution in [3.8, 4) is 11.6 Å². The van der Waals surface area contributed by atoms with Crippen LogP contribution < -0.4 is 10.9 Å². The predicted octanol–water partition coefficient (Wildman–Crippen LogP) is -0.518. The Morgan fingerprint density at radius 2 is 2.41 bits per heavy atom. The number of nitrogens with zero attached hydrogens (tertiary/aromatic N) is 3. The van der Waals surface area contributed by atoms with Gasteiger partial charge < -0.3 is 20.2 Å². The topological polar surface area (TPSA) is 110 Å². The third-order valence-corrected chi connectivity index (χ3v) is 3.06. The Morgan fingerprint density at radius 3 is 3.00 bits per heavy atom. The van der Waals surface area contributed by atoms with E-state index >= 15 is 0 Å². The van der Waals surface area contributed by atoms with Gasteiger partial charge in [-0.2, -0.15) is 0 Å². The number of carbonyl (C=O) groups is 1. The van der Waals surface area contributed by atoms with Crippen LogP contribution in [-0.4, -0.2) is 26.1 Å². The monoisotopic (exact) mass is 253 g/mol. The number of rotatable bonds is 4. The van der Waals surface area contributed by atoms with Gasteiger partial charge in [0.2, 0.25) is 11.0 Å². The summed E-state index contributed by atoms with van der Waals surface area (Å²) in [5, 5.41) is 17.8. The molecule has 2 rings (SSSR count). The molecule has 0 aromatic carbocycles. The third kappa shape index (κ3) is 2.26. The van der Waals surface area contributed by atoms with Crippen molar-refractivity contribution in [1.82, 2.24) is 14.9 Å². The molecule has 8 heteroatoms. The van der Waals surface area contributed by atoms with Crippen LogP contribution in [0.1, 0.15) is 6.92 Å². The van der Waals surface area contributed by atoms with Crippen LogP contribution in [0.25, 0.3) is 11.6 Å². The van der Waals surface area contributed by atoms with Gasteiger partial charge in [-0.3, -0.25) is 0 Å². The summed E-state index contributed by atoms with van der Waals surface area (Å²) in [4.78, 5) is 10.6. The van der Waals surface area contributed by atoms with Gasteiger partial charge in [-0.05, 0) is 19.1 Å². The molecule has 0 fully saturated rings. The first-order valence-electron chi connectivity index (χ1n) is 4.71. The van der Waals surface area contributed by atoms with Crippen molar-refractivity contribution in [2.24, 2.45) is 0 Å². The van der Waals surface area contributed by atoms with Crippen molar-refractivity contribution in [2.75, 3.05) is 5.84 Å². The molecule has 0 amide bonds. The van der Waals surface area contributed by atoms with Crippen LogP contribution in [0.15, 0.2) is 28.0 Å². The molecule has 2 N–H and O–H groups in total. The Balaban J connectivity index is 2.24. The zero-order chi connectivity index (χ0) is 12.4. The maximum atomic E-state index is 10.6. The predicted molar refractivity (Wildman–Crippen MR) is 58.2 cm³/mol. The molecule has 17 heavy (non-hydrogen) atoms. The van der Waals surface area contributed by atoms with E-state index < -0.39 is 11.2 Å². The van der Waals surface area contributed by atoms with Gasteiger partial charge in [0.1, 0.15) is 0 Å². The molecule has 0 bridgehead atoms. The zero-order valence-corrected chi connectivity index (χ0v) is 9.68. The second kappa shape index (κ2) is 4.50. The number of carboxylic acid groups (broad SMARTS) is 1. The summed E-state index contributed by atoms with van der Waals surface area (Å²) in [6, 6.07) is 3.38. The Bertz CT molecular complexity index is 522. The molecule has 2 aromatic heterocycles. The number of thioether (sulfide) groups is 1. The minimum atomic E-state index is -1.18. The van der Waals surface area contributed by atoms with Gasteiger partial charge >= 0.3 is 0 Å². The molecule has 2 aromatic rings. The molecule has 90 valence electrons. The first-order chi connectivity index (χ1) is 8.09. The maximum Gasteiger partial charge on any atom is 0.218 e. The van der Waals surface area contributed by atoms with E-state index in [9.17, 15) is 9.90 Å². The number of aromatic nitrogens is 3. The van der Waals surface area contributed by atoms with Crippen LogP contribution >= 0.6 is 11.8 Å². The fourth-order valence-electron chi connectivity index (χ4n) is 1.14. The van der Waals surface area contributed by atoms with Gasteiger partial charge in [0.05, 0.1) is 12.2 Å². The van der Waals surface area contributed by atoms with Crippen molar-refractivity contribution < 1.29 is 14.3 Å². The molecular formula is C9H9N4O3S-. The van der Waals surface area contributed by atoms with E-state index in [1.54, 1.807) is 12.1 Å². The Morgan fingerprint density at radius 1 is 1.65 bits per heavy atom. The van der Waals surface area contributed by atoms with Crippen molar-refractivity contribution in [3.63, 3.8) is 0 Å². The summed E-state index contributed by atoms with van der Waals surface area (Å²) >= 11 is 0.957. The molecule has 1 atom stereocenters. The van der Waals surface area contributed by atoms with Crippen molar-refractivity contribution in [2.45, 2.75) is 17.3 Å². The lowest BCUT2D eigenvalue weighted by Gasteiger charge is -2.10. The van der Waals surface area contributed by atoms with Gasteiger partial charge in [0, 0.05) is 5.25 Å². The number of nitrogen functional groups attached to an aromatic ring is 1. The fourth-order valence-corrected chi connectivity index (χ4v) is 1.84. The maximum absolute atomic E-state index is 10.6. The summed E-state index contributed by atoms with van der Waals surface area (Å²) in [5.74, 6) is 5.36. The SMILES string of the molecule is C[C@@H](Sc1nnc(-c2ccco2)n1N)C(=O)[O-]. The largest absolute Gasteiger partial charge is 0.549 e. The van der Waals surface area contributed by atoms with E-state index in [4.69, 9.17) is 10.3 Å². The minimum absolute atomic E-state index is 0.285. The average molecular weight is 253 g/mol. The van der Waals surface area contributed by atoms with E-state index in [1.165, 1.54) is 17.9 Å². The third-order valence-electron chi connectivity index (χ3n) is 2.02. The highest BCUT2D eigenvalue weighted by atomic mass is 32.2. The second-order valence-electron chi connectivity index (χ2n) is 3.23. The highest BCUT2D eigenvalue weighted by Crippen LogP contribution is 2.24. The van der Waals surface area contributed by atoms with Crippen LogP contribution in [-0.2, 0) is 4.79 Å². The van der Waals surface area contributed by atoms with Crippen molar-refractivity contribution >= 4 is 17.7 Å². The molecule has 0 aliphatic heterocycles. The summed E-state index contributed by atoms with van der Waals surface area (Å²) in [5.41, 5.74) is 0. The lowest BCUT2D eigenvalue weighted by atomic mass is 10.4. The number of carbonyl (C=O) groups excluding carboxylic acids is 1. The molecule has 0 radical (unpaired) electrons. The fraction of sp³-hybridized carbons (Fsp3) is 0.222. The molecule has 0 saturated heterocycles. The van der Waals surface area contributed by atoms with Crippen molar-refractivity contribution in [1.29, 1.82) is 0 Å². The van der Waals surface area contributed by atoms with E-state index in [-0.39, 0.29) is 5.16 Å². The number of hydrogen-bond acceptors (Lipinski definition) is 7. The Hall–Kier alpha value is -1.96. The van der Waals surface area contributed by atoms with E-state index in [0.29, 0.717) is 11.6 Å². The Labute approximate surface area is 101 Å². The van der Waals surface area contributed by atoms with Gasteiger partial charge in [-0.25, -0.2) is 4.68 Å². The quantitative estimate of drug-likeness (QED) is 0.576. The van der Waals surface area contributed by atoms with Crippen LogP contribution in [0, 0.1) is 0 Å². The van der Waals surface area contributed by atoms with Crippen LogP contribution in [0.2, 0.25) is 0 Å². The molecule has 0 unspecified atom stereocenters. The molecular weight excluding hydrogens is 244 g/mol. The van der Waals surface area contributed by atoms with Gasteiger partial charge in [-0.15, -0.1) is 10.2 Å². The lowest BCUT2D eigenvalue weighted by Crippen LogP contribution is -2.31.